The highest BCUT2D eigenvalue weighted by Gasteiger charge is 2.65. The van der Waals surface area contributed by atoms with Gasteiger partial charge in [0.25, 0.3) is 5.91 Å². The van der Waals surface area contributed by atoms with E-state index in [9.17, 15) is 35.9 Å². The average Bonchev–Trinajstić information content (AvgIpc) is 3.09. The molecule has 1 aliphatic rings. The fourth-order valence-corrected chi connectivity index (χ4v) is 4.67. The first-order chi connectivity index (χ1) is 17.6. The van der Waals surface area contributed by atoms with E-state index in [4.69, 9.17) is 15.2 Å². The van der Waals surface area contributed by atoms with E-state index in [1.54, 1.807) is 0 Å². The van der Waals surface area contributed by atoms with Crippen molar-refractivity contribution in [1.29, 1.82) is 0 Å². The number of pyridine rings is 2. The number of nitrogens with one attached hydrogen (secondary N) is 1. The van der Waals surface area contributed by atoms with Gasteiger partial charge in [0.1, 0.15) is 28.8 Å². The molecule has 1 aromatic carbocycles. The van der Waals surface area contributed by atoms with Gasteiger partial charge in [-0.1, -0.05) is 13.0 Å². The van der Waals surface area contributed by atoms with E-state index >= 15 is 0 Å². The number of rotatable bonds is 5. The molecule has 2 aromatic heterocycles. The van der Waals surface area contributed by atoms with Crippen molar-refractivity contribution < 1.29 is 45.3 Å². The fraction of sp³-hybridized carbons (Fsp3) is 0.375. The number of aromatic nitrogens is 2. The zero-order valence-electron chi connectivity index (χ0n) is 20.0. The molecule has 4 atom stereocenters. The summed E-state index contributed by atoms with van der Waals surface area (Å²) in [6, 6.07) is 6.60. The van der Waals surface area contributed by atoms with Gasteiger partial charge in [-0.3, -0.25) is 9.59 Å². The van der Waals surface area contributed by atoms with Crippen molar-refractivity contribution in [3.8, 4) is 11.5 Å². The lowest BCUT2D eigenvalue weighted by molar-refractivity contribution is -0.275. The minimum absolute atomic E-state index is 0.0429. The first-order valence-electron chi connectivity index (χ1n) is 11.1. The van der Waals surface area contributed by atoms with Crippen molar-refractivity contribution in [3.63, 3.8) is 0 Å². The normalized spacial score (nSPS) is 24.0. The zero-order valence-corrected chi connectivity index (χ0v) is 20.0. The number of benzene rings is 1. The van der Waals surface area contributed by atoms with E-state index in [1.807, 2.05) is 0 Å². The molecule has 1 saturated heterocycles. The first-order valence-corrected chi connectivity index (χ1v) is 11.1. The van der Waals surface area contributed by atoms with Gasteiger partial charge in [-0.05, 0) is 25.1 Å². The van der Waals surface area contributed by atoms with Crippen LogP contribution < -0.4 is 20.6 Å². The van der Waals surface area contributed by atoms with Crippen molar-refractivity contribution in [3.05, 3.63) is 63.6 Å². The van der Waals surface area contributed by atoms with E-state index in [0.717, 1.165) is 32.2 Å². The predicted octanol–water partition coefficient (Wildman–Crippen LogP) is 4.74. The summed E-state index contributed by atoms with van der Waals surface area (Å²) in [7, 11) is 1.15. The summed E-state index contributed by atoms with van der Waals surface area (Å²) in [5.41, 5.74) is 1.60. The Balaban J connectivity index is 1.88. The average molecular weight is 545 g/mol. The number of hydrogen-bond acceptors (Lipinski definition) is 6. The fourth-order valence-electron chi connectivity index (χ4n) is 4.67. The molecule has 0 bridgehead atoms. The molecular formula is C24H21F6N3O5. The Morgan fingerprint density at radius 3 is 2.39 bits per heavy atom. The predicted molar refractivity (Wildman–Crippen MR) is 121 cm³/mol. The van der Waals surface area contributed by atoms with Crippen LogP contribution in [0.25, 0.3) is 11.0 Å². The number of amides is 1. The van der Waals surface area contributed by atoms with Crippen LogP contribution >= 0.6 is 0 Å². The van der Waals surface area contributed by atoms with Gasteiger partial charge < -0.3 is 24.9 Å². The molecule has 3 N–H and O–H groups in total. The molecule has 0 spiro atoms. The molecule has 1 aliphatic heterocycles. The lowest BCUT2D eigenvalue weighted by atomic mass is 9.76. The molecular weight excluding hydrogens is 524 g/mol. The molecule has 38 heavy (non-hydrogen) atoms. The Labute approximate surface area is 210 Å². The van der Waals surface area contributed by atoms with Gasteiger partial charge in [0.05, 0.1) is 12.6 Å². The Bertz CT molecular complexity index is 1450. The van der Waals surface area contributed by atoms with E-state index in [-0.39, 0.29) is 33.7 Å². The highest BCUT2D eigenvalue weighted by Crippen LogP contribution is 2.59. The van der Waals surface area contributed by atoms with Gasteiger partial charge in [-0.15, -0.1) is 13.2 Å². The summed E-state index contributed by atoms with van der Waals surface area (Å²) >= 11 is 0. The van der Waals surface area contributed by atoms with E-state index in [0.29, 0.717) is 0 Å². The molecule has 0 unspecified atom stereocenters. The van der Waals surface area contributed by atoms with Gasteiger partial charge in [-0.2, -0.15) is 13.2 Å². The zero-order chi connectivity index (χ0) is 28.2. The van der Waals surface area contributed by atoms with Crippen molar-refractivity contribution in [1.82, 2.24) is 9.97 Å². The molecule has 14 heteroatoms. The monoisotopic (exact) mass is 545 g/mol. The number of primary amides is 1. The van der Waals surface area contributed by atoms with Crippen molar-refractivity contribution >= 4 is 16.9 Å². The Hall–Kier alpha value is -3.81. The highest BCUT2D eigenvalue weighted by atomic mass is 19.4. The van der Waals surface area contributed by atoms with Crippen LogP contribution in [0.4, 0.5) is 26.3 Å². The van der Waals surface area contributed by atoms with E-state index in [1.165, 1.54) is 25.1 Å². The molecule has 3 heterocycles. The number of fused-ring (bicyclic) bond motifs is 1. The van der Waals surface area contributed by atoms with Crippen LogP contribution in [0, 0.1) is 5.92 Å². The van der Waals surface area contributed by atoms with Crippen LogP contribution in [-0.2, 0) is 4.74 Å². The number of ether oxygens (including phenoxy) is 3. The molecule has 0 saturated carbocycles. The number of hydrogen-bond donors (Lipinski definition) is 2. The third kappa shape index (κ3) is 4.75. The topological polar surface area (TPSA) is 117 Å². The van der Waals surface area contributed by atoms with Gasteiger partial charge in [0.15, 0.2) is 5.60 Å². The Morgan fingerprint density at radius 2 is 1.82 bits per heavy atom. The summed E-state index contributed by atoms with van der Waals surface area (Å²) in [5, 5.41) is 0. The largest absolute Gasteiger partial charge is 0.573 e. The summed E-state index contributed by atoms with van der Waals surface area (Å²) in [5.74, 6) is -4.10. The maximum Gasteiger partial charge on any atom is 0.573 e. The number of alkyl halides is 6. The molecule has 0 radical (unpaired) electrons. The SMILES string of the molecule is COc1cc(OC(F)(F)F)ccc1[C@H]1[C@H](c2cc(=O)c3nc(C(N)=O)ccc3[nH]2)O[C@@](C)(C(F)(F)F)[C@H]1C. The number of nitrogens with zero attached hydrogens (tertiary/aromatic N) is 1. The van der Waals surface area contributed by atoms with Crippen molar-refractivity contribution in [2.75, 3.05) is 7.11 Å². The van der Waals surface area contributed by atoms with Crippen LogP contribution in [0.1, 0.15) is 47.6 Å². The highest BCUT2D eigenvalue weighted by molar-refractivity contribution is 5.93. The second kappa shape index (κ2) is 9.19. The molecule has 0 aliphatic carbocycles. The summed E-state index contributed by atoms with van der Waals surface area (Å²) in [6.07, 6.45) is -11.3. The quantitative estimate of drug-likeness (QED) is 0.448. The minimum Gasteiger partial charge on any atom is -0.496 e. The lowest BCUT2D eigenvalue weighted by Crippen LogP contribution is -2.46. The van der Waals surface area contributed by atoms with Crippen LogP contribution in [0.2, 0.25) is 0 Å². The summed E-state index contributed by atoms with van der Waals surface area (Å²) in [6.45, 7) is 2.15. The van der Waals surface area contributed by atoms with Crippen LogP contribution in [0.5, 0.6) is 11.5 Å². The molecule has 204 valence electrons. The number of halogens is 6. The molecule has 1 fully saturated rings. The number of H-pyrrole nitrogens is 1. The van der Waals surface area contributed by atoms with Crippen LogP contribution in [0.3, 0.4) is 0 Å². The molecule has 1 amide bonds. The van der Waals surface area contributed by atoms with Crippen LogP contribution in [0.15, 0.2) is 41.2 Å². The Morgan fingerprint density at radius 1 is 1.13 bits per heavy atom. The smallest absolute Gasteiger partial charge is 0.496 e. The third-order valence-electron chi connectivity index (χ3n) is 6.72. The van der Waals surface area contributed by atoms with Crippen LogP contribution in [-0.4, -0.2) is 41.1 Å². The summed E-state index contributed by atoms with van der Waals surface area (Å²) < 4.78 is 95.6. The maximum absolute atomic E-state index is 14.2. The second-order valence-corrected chi connectivity index (χ2v) is 8.96. The lowest BCUT2D eigenvalue weighted by Gasteiger charge is -2.32. The van der Waals surface area contributed by atoms with Gasteiger partial charge in [0, 0.05) is 35.2 Å². The van der Waals surface area contributed by atoms with Crippen molar-refractivity contribution in [2.45, 2.75) is 44.0 Å². The molecule has 4 rings (SSSR count). The van der Waals surface area contributed by atoms with Gasteiger partial charge in [-0.25, -0.2) is 4.98 Å². The third-order valence-corrected chi connectivity index (χ3v) is 6.72. The Kier molecular flexibility index (Phi) is 6.58. The van der Waals surface area contributed by atoms with E-state index < -0.39 is 53.2 Å². The number of carbonyl (C=O) groups excluding carboxylic acids is 1. The summed E-state index contributed by atoms with van der Waals surface area (Å²) in [4.78, 5) is 31.0. The number of aromatic amines is 1. The van der Waals surface area contributed by atoms with Crippen molar-refractivity contribution in [2.24, 2.45) is 11.7 Å². The van der Waals surface area contributed by atoms with E-state index in [2.05, 4.69) is 14.7 Å². The number of carbonyl (C=O) groups is 1. The standard InChI is InChI=1S/C24H21F6N3O5/c1-10-18(12-5-4-11(8-17(12)36-3)37-24(28,29)30)20(38-22(10,2)23(25,26)27)15-9-16(34)19-13(32-15)6-7-14(33-19)21(31)35/h4-10,18,20H,1-3H3,(H2,31,35)(H,32,34)/t10-,18-,20-,22+/m0/s1. The first kappa shape index (κ1) is 27.2. The van der Waals surface area contributed by atoms with Gasteiger partial charge in [0.2, 0.25) is 5.43 Å². The molecule has 8 nitrogen and oxygen atoms in total. The van der Waals surface area contributed by atoms with Gasteiger partial charge >= 0.3 is 12.5 Å². The minimum atomic E-state index is -5.00. The number of nitrogens with two attached hydrogens (primary N) is 1. The molecule has 3 aromatic rings. The second-order valence-electron chi connectivity index (χ2n) is 8.96. The maximum atomic E-state index is 14.2. The number of methoxy groups -OCH3 is 1.